The molecule has 2 rings (SSSR count). The van der Waals surface area contributed by atoms with Crippen molar-refractivity contribution in [3.05, 3.63) is 25.4 Å². The number of carbonyl (C=O) groups excluding carboxylic acids is 2. The predicted octanol–water partition coefficient (Wildman–Crippen LogP) is 2.61. The summed E-state index contributed by atoms with van der Waals surface area (Å²) < 4.78 is 2.13. The van der Waals surface area contributed by atoms with Crippen molar-refractivity contribution < 1.29 is 29.4 Å². The van der Waals surface area contributed by atoms with E-state index >= 15 is 0 Å². The SMILES string of the molecule is O=C(O)CNC(=O)c1c(I)c(I)c(C(=O)N2CCCC2C(=O)O)c(I)c1I. The van der Waals surface area contributed by atoms with E-state index in [1.807, 2.05) is 90.4 Å². The molecule has 1 aliphatic heterocycles. The first-order chi connectivity index (χ1) is 12.6. The molecule has 1 saturated heterocycles. The van der Waals surface area contributed by atoms with E-state index in [2.05, 4.69) is 5.32 Å². The number of carboxylic acids is 2. The van der Waals surface area contributed by atoms with Crippen molar-refractivity contribution in [2.75, 3.05) is 13.1 Å². The summed E-state index contributed by atoms with van der Waals surface area (Å²) in [5.74, 6) is -3.09. The lowest BCUT2D eigenvalue weighted by Crippen LogP contribution is -2.41. The number of aliphatic carboxylic acids is 2. The molecule has 0 spiro atoms. The maximum Gasteiger partial charge on any atom is 0.326 e. The zero-order valence-electron chi connectivity index (χ0n) is 13.4. The monoisotopic (exact) mass is 824 g/mol. The van der Waals surface area contributed by atoms with Crippen LogP contribution in [-0.4, -0.2) is 58.0 Å². The number of carbonyl (C=O) groups is 4. The fraction of sp³-hybridized carbons (Fsp3) is 0.333. The Morgan fingerprint density at radius 3 is 1.96 bits per heavy atom. The van der Waals surface area contributed by atoms with Crippen LogP contribution in [-0.2, 0) is 9.59 Å². The first-order valence-corrected chi connectivity index (χ1v) is 11.8. The Bertz CT molecular complexity index is 815. The van der Waals surface area contributed by atoms with E-state index < -0.39 is 30.4 Å². The van der Waals surface area contributed by atoms with Gasteiger partial charge in [0.05, 0.1) is 11.1 Å². The first kappa shape index (κ1) is 23.3. The Hall–Kier alpha value is 0.0200. The molecule has 27 heavy (non-hydrogen) atoms. The molecular formula is C15H12I4N2O6. The molecule has 1 fully saturated rings. The minimum Gasteiger partial charge on any atom is -0.480 e. The Labute approximate surface area is 208 Å². The highest BCUT2D eigenvalue weighted by Gasteiger charge is 2.37. The lowest BCUT2D eigenvalue weighted by atomic mass is 10.1. The van der Waals surface area contributed by atoms with E-state index in [-0.39, 0.29) is 5.91 Å². The number of benzene rings is 1. The van der Waals surface area contributed by atoms with Crippen molar-refractivity contribution in [2.45, 2.75) is 18.9 Å². The molecular weight excluding hydrogens is 812 g/mol. The lowest BCUT2D eigenvalue weighted by molar-refractivity contribution is -0.141. The molecule has 3 N–H and O–H groups in total. The fourth-order valence-corrected chi connectivity index (χ4v) is 6.81. The van der Waals surface area contributed by atoms with E-state index in [1.54, 1.807) is 0 Å². The van der Waals surface area contributed by atoms with Crippen LogP contribution < -0.4 is 5.32 Å². The molecule has 2 amide bonds. The highest BCUT2D eigenvalue weighted by molar-refractivity contribution is 14.1. The maximum atomic E-state index is 13.1. The Balaban J connectivity index is 2.48. The quantitative estimate of drug-likeness (QED) is 0.310. The van der Waals surface area contributed by atoms with Gasteiger partial charge < -0.3 is 20.4 Å². The van der Waals surface area contributed by atoms with Gasteiger partial charge in [-0.05, 0) is 103 Å². The molecule has 12 heteroatoms. The number of nitrogens with zero attached hydrogens (tertiary/aromatic N) is 1. The summed E-state index contributed by atoms with van der Waals surface area (Å²) in [6, 6.07) is -0.849. The summed E-state index contributed by atoms with van der Waals surface area (Å²) >= 11 is 7.83. The summed E-state index contributed by atoms with van der Waals surface area (Å²) in [7, 11) is 0. The minimum absolute atomic E-state index is 0.305. The van der Waals surface area contributed by atoms with E-state index in [9.17, 15) is 24.3 Å². The minimum atomic E-state index is -1.15. The first-order valence-electron chi connectivity index (χ1n) is 7.47. The van der Waals surface area contributed by atoms with Crippen LogP contribution in [0.25, 0.3) is 0 Å². The van der Waals surface area contributed by atoms with Gasteiger partial charge in [0.2, 0.25) is 0 Å². The number of rotatable bonds is 5. The molecule has 0 aromatic heterocycles. The number of halogens is 4. The second kappa shape index (κ2) is 9.68. The van der Waals surface area contributed by atoms with Gasteiger partial charge in [0.25, 0.3) is 11.8 Å². The second-order valence-electron chi connectivity index (χ2n) is 5.58. The number of amides is 2. The third-order valence-electron chi connectivity index (χ3n) is 3.90. The van der Waals surface area contributed by atoms with Gasteiger partial charge in [-0.25, -0.2) is 4.79 Å². The van der Waals surface area contributed by atoms with Crippen molar-refractivity contribution >= 4 is 114 Å². The summed E-state index contributed by atoms with van der Waals surface area (Å²) in [4.78, 5) is 49.0. The average molecular weight is 824 g/mol. The summed E-state index contributed by atoms with van der Waals surface area (Å²) in [5.41, 5.74) is 0.673. The number of hydrogen-bond acceptors (Lipinski definition) is 4. The van der Waals surface area contributed by atoms with Crippen LogP contribution in [0, 0.1) is 14.3 Å². The van der Waals surface area contributed by atoms with Gasteiger partial charge >= 0.3 is 11.9 Å². The van der Waals surface area contributed by atoms with Crippen molar-refractivity contribution in [1.82, 2.24) is 10.2 Å². The Morgan fingerprint density at radius 1 is 0.963 bits per heavy atom. The molecule has 1 atom stereocenters. The normalized spacial score (nSPS) is 16.3. The highest BCUT2D eigenvalue weighted by atomic mass is 127. The molecule has 1 aromatic carbocycles. The van der Waals surface area contributed by atoms with Crippen LogP contribution in [0.1, 0.15) is 33.6 Å². The molecule has 1 unspecified atom stereocenters. The second-order valence-corrected chi connectivity index (χ2v) is 9.89. The molecule has 1 heterocycles. The maximum absolute atomic E-state index is 13.1. The van der Waals surface area contributed by atoms with Gasteiger partial charge in [-0.2, -0.15) is 0 Å². The van der Waals surface area contributed by atoms with Crippen LogP contribution in [0.4, 0.5) is 0 Å². The van der Waals surface area contributed by atoms with E-state index in [0.29, 0.717) is 44.8 Å². The number of hydrogen-bond donors (Lipinski definition) is 3. The van der Waals surface area contributed by atoms with E-state index in [4.69, 9.17) is 5.11 Å². The number of nitrogens with one attached hydrogen (secondary N) is 1. The van der Waals surface area contributed by atoms with E-state index in [0.717, 1.165) is 0 Å². The molecule has 1 aliphatic rings. The molecule has 146 valence electrons. The molecule has 0 aliphatic carbocycles. The van der Waals surface area contributed by atoms with Crippen molar-refractivity contribution in [3.8, 4) is 0 Å². The summed E-state index contributed by atoms with van der Waals surface area (Å²) in [5, 5.41) is 20.4. The molecule has 0 saturated carbocycles. The molecule has 1 aromatic rings. The van der Waals surface area contributed by atoms with Crippen molar-refractivity contribution in [1.29, 1.82) is 0 Å². The van der Waals surface area contributed by atoms with Gasteiger partial charge in [-0.1, -0.05) is 0 Å². The van der Waals surface area contributed by atoms with Gasteiger partial charge in [-0.15, -0.1) is 0 Å². The molecule has 0 radical (unpaired) electrons. The predicted molar refractivity (Wildman–Crippen MR) is 129 cm³/mol. The van der Waals surface area contributed by atoms with Crippen LogP contribution in [0.2, 0.25) is 0 Å². The smallest absolute Gasteiger partial charge is 0.326 e. The highest BCUT2D eigenvalue weighted by Crippen LogP contribution is 2.35. The molecule has 0 bridgehead atoms. The summed E-state index contributed by atoms with van der Waals surface area (Å²) in [6.45, 7) is -0.136. The lowest BCUT2D eigenvalue weighted by Gasteiger charge is -2.24. The van der Waals surface area contributed by atoms with Crippen LogP contribution in [0.15, 0.2) is 0 Å². The zero-order chi connectivity index (χ0) is 20.5. The number of likely N-dealkylation sites (tertiary alicyclic amines) is 1. The average Bonchev–Trinajstić information content (AvgIpc) is 3.08. The van der Waals surface area contributed by atoms with Gasteiger partial charge in [0.15, 0.2) is 0 Å². The van der Waals surface area contributed by atoms with Crippen LogP contribution >= 0.6 is 90.4 Å². The third-order valence-corrected chi connectivity index (χ3v) is 10.3. The van der Waals surface area contributed by atoms with E-state index in [1.165, 1.54) is 4.90 Å². The number of carboxylic acid groups (broad SMARTS) is 2. The van der Waals surface area contributed by atoms with Crippen molar-refractivity contribution in [3.63, 3.8) is 0 Å². The van der Waals surface area contributed by atoms with Crippen LogP contribution in [0.3, 0.4) is 0 Å². The Kier molecular flexibility index (Phi) is 8.35. The topological polar surface area (TPSA) is 124 Å². The fourth-order valence-electron chi connectivity index (χ4n) is 2.67. The van der Waals surface area contributed by atoms with Gasteiger partial charge in [-0.3, -0.25) is 14.4 Å². The standard InChI is InChI=1S/C15H12I4N2O6/c16-9-7(13(24)20-4-6(22)23)10(17)12(19)8(11(9)18)14(25)21-3-1-2-5(21)15(26)27/h5H,1-4H2,(H,20,24)(H,22,23)(H,26,27). The van der Waals surface area contributed by atoms with Crippen molar-refractivity contribution in [2.24, 2.45) is 0 Å². The third kappa shape index (κ3) is 4.96. The summed E-state index contributed by atoms with van der Waals surface area (Å²) in [6.07, 6.45) is 1.04. The van der Waals surface area contributed by atoms with Crippen LogP contribution in [0.5, 0.6) is 0 Å². The largest absolute Gasteiger partial charge is 0.480 e. The van der Waals surface area contributed by atoms with Gasteiger partial charge in [0, 0.05) is 20.8 Å². The Morgan fingerprint density at radius 2 is 1.48 bits per heavy atom. The molecule has 8 nitrogen and oxygen atoms in total. The zero-order valence-corrected chi connectivity index (χ0v) is 22.0. The van der Waals surface area contributed by atoms with Gasteiger partial charge in [0.1, 0.15) is 12.6 Å².